The summed E-state index contributed by atoms with van der Waals surface area (Å²) in [5.74, 6) is 0.876. The van der Waals surface area contributed by atoms with Gasteiger partial charge in [-0.2, -0.15) is 4.98 Å². The number of nitrogens with zero attached hydrogens (tertiary/aromatic N) is 4. The number of hydrogen-bond acceptors (Lipinski definition) is 6. The Morgan fingerprint density at radius 2 is 2.00 bits per heavy atom. The number of anilines is 2. The van der Waals surface area contributed by atoms with E-state index >= 15 is 0 Å². The van der Waals surface area contributed by atoms with Gasteiger partial charge in [0.25, 0.3) is 0 Å². The lowest BCUT2D eigenvalue weighted by Crippen LogP contribution is -2.44. The predicted octanol–water partition coefficient (Wildman–Crippen LogP) is 1.82. The maximum Gasteiger partial charge on any atom is 0.317 e. The number of aliphatic carboxylic acids is 1. The standard InChI is InChI=1S/C17H27N5O2/c23-16(24)13-21-9-5-6-14(12-21)19-17-18-8-7-15(20-17)22-10-3-1-2-4-11-22/h7-8,14H,1-6,9-13H2,(H,23,24)(H,18,19,20). The Morgan fingerprint density at radius 1 is 1.21 bits per heavy atom. The van der Waals surface area contributed by atoms with Crippen molar-refractivity contribution in [1.82, 2.24) is 14.9 Å². The van der Waals surface area contributed by atoms with E-state index in [0.29, 0.717) is 5.95 Å². The smallest absolute Gasteiger partial charge is 0.317 e. The van der Waals surface area contributed by atoms with E-state index in [1.807, 2.05) is 17.2 Å². The third-order valence-electron chi connectivity index (χ3n) is 4.77. The van der Waals surface area contributed by atoms with Crippen molar-refractivity contribution >= 4 is 17.7 Å². The van der Waals surface area contributed by atoms with Gasteiger partial charge >= 0.3 is 5.97 Å². The number of nitrogens with one attached hydrogen (secondary N) is 1. The molecule has 132 valence electrons. The molecule has 1 aromatic heterocycles. The molecule has 2 saturated heterocycles. The molecule has 7 heteroatoms. The number of carboxylic acids is 1. The average molecular weight is 333 g/mol. The molecule has 24 heavy (non-hydrogen) atoms. The van der Waals surface area contributed by atoms with Crippen LogP contribution in [0.25, 0.3) is 0 Å². The van der Waals surface area contributed by atoms with E-state index in [4.69, 9.17) is 5.11 Å². The molecular formula is C17H27N5O2. The highest BCUT2D eigenvalue weighted by Gasteiger charge is 2.22. The fourth-order valence-corrected chi connectivity index (χ4v) is 3.59. The van der Waals surface area contributed by atoms with Gasteiger partial charge in [0.1, 0.15) is 5.82 Å². The monoisotopic (exact) mass is 333 g/mol. The first kappa shape index (κ1) is 17.0. The van der Waals surface area contributed by atoms with Gasteiger partial charge in [-0.05, 0) is 38.3 Å². The molecule has 2 aliphatic rings. The molecular weight excluding hydrogens is 306 g/mol. The molecule has 1 atom stereocenters. The van der Waals surface area contributed by atoms with Crippen LogP contribution in [-0.2, 0) is 4.79 Å². The fraction of sp³-hybridized carbons (Fsp3) is 0.706. The number of hydrogen-bond donors (Lipinski definition) is 2. The van der Waals surface area contributed by atoms with Crippen LogP contribution in [0.15, 0.2) is 12.3 Å². The summed E-state index contributed by atoms with van der Waals surface area (Å²) in [5.41, 5.74) is 0. The number of piperidine rings is 1. The van der Waals surface area contributed by atoms with Crippen molar-refractivity contribution in [1.29, 1.82) is 0 Å². The number of aromatic nitrogens is 2. The lowest BCUT2D eigenvalue weighted by Gasteiger charge is -2.32. The molecule has 0 aliphatic carbocycles. The van der Waals surface area contributed by atoms with E-state index in [-0.39, 0.29) is 12.6 Å². The highest BCUT2D eigenvalue weighted by atomic mass is 16.4. The Balaban J connectivity index is 1.60. The normalized spacial score (nSPS) is 22.8. The molecule has 3 heterocycles. The second-order valence-electron chi connectivity index (χ2n) is 6.75. The molecule has 0 spiro atoms. The SMILES string of the molecule is O=C(O)CN1CCCC(Nc2nccc(N3CCCCCC3)n2)C1. The Kier molecular flexibility index (Phi) is 5.85. The van der Waals surface area contributed by atoms with Gasteiger partial charge in [0, 0.05) is 31.9 Å². The molecule has 0 aromatic carbocycles. The Hall–Kier alpha value is -1.89. The van der Waals surface area contributed by atoms with Crippen LogP contribution in [0.5, 0.6) is 0 Å². The summed E-state index contributed by atoms with van der Waals surface area (Å²) in [6, 6.07) is 2.19. The van der Waals surface area contributed by atoms with Crippen LogP contribution < -0.4 is 10.2 Å². The van der Waals surface area contributed by atoms with E-state index in [1.165, 1.54) is 25.7 Å². The Morgan fingerprint density at radius 3 is 2.75 bits per heavy atom. The van der Waals surface area contributed by atoms with E-state index in [0.717, 1.165) is 44.8 Å². The number of carboxylic acid groups (broad SMARTS) is 1. The van der Waals surface area contributed by atoms with Crippen LogP contribution in [-0.4, -0.2) is 64.7 Å². The largest absolute Gasteiger partial charge is 0.480 e. The first-order valence-corrected chi connectivity index (χ1v) is 8.99. The summed E-state index contributed by atoms with van der Waals surface area (Å²) in [6.45, 7) is 3.80. The Labute approximate surface area is 143 Å². The molecule has 7 nitrogen and oxygen atoms in total. The lowest BCUT2D eigenvalue weighted by molar-refractivity contribution is -0.138. The predicted molar refractivity (Wildman–Crippen MR) is 93.4 cm³/mol. The van der Waals surface area contributed by atoms with E-state index < -0.39 is 5.97 Å². The van der Waals surface area contributed by atoms with Crippen LogP contribution in [0, 0.1) is 0 Å². The van der Waals surface area contributed by atoms with Crippen LogP contribution in [0.1, 0.15) is 38.5 Å². The zero-order chi connectivity index (χ0) is 16.8. The molecule has 1 aromatic rings. The lowest BCUT2D eigenvalue weighted by atomic mass is 10.1. The van der Waals surface area contributed by atoms with Crippen molar-refractivity contribution in [2.45, 2.75) is 44.6 Å². The summed E-state index contributed by atoms with van der Waals surface area (Å²) in [6.07, 6.45) is 8.87. The van der Waals surface area contributed by atoms with Gasteiger partial charge < -0.3 is 15.3 Å². The minimum Gasteiger partial charge on any atom is -0.480 e. The van der Waals surface area contributed by atoms with E-state index in [2.05, 4.69) is 20.2 Å². The van der Waals surface area contributed by atoms with Crippen molar-refractivity contribution in [2.75, 3.05) is 42.9 Å². The van der Waals surface area contributed by atoms with Crippen LogP contribution in [0.4, 0.5) is 11.8 Å². The second-order valence-corrected chi connectivity index (χ2v) is 6.75. The highest BCUT2D eigenvalue weighted by Crippen LogP contribution is 2.19. The number of rotatable bonds is 5. The van der Waals surface area contributed by atoms with E-state index in [9.17, 15) is 4.79 Å². The van der Waals surface area contributed by atoms with Gasteiger partial charge in [0.15, 0.2) is 0 Å². The first-order valence-electron chi connectivity index (χ1n) is 8.99. The molecule has 0 bridgehead atoms. The summed E-state index contributed by atoms with van der Waals surface area (Å²) < 4.78 is 0. The maximum atomic E-state index is 10.9. The molecule has 2 N–H and O–H groups in total. The molecule has 3 rings (SSSR count). The molecule has 1 unspecified atom stereocenters. The highest BCUT2D eigenvalue weighted by molar-refractivity contribution is 5.69. The van der Waals surface area contributed by atoms with Crippen molar-refractivity contribution in [3.63, 3.8) is 0 Å². The molecule has 2 fully saturated rings. The summed E-state index contributed by atoms with van der Waals surface area (Å²) >= 11 is 0. The van der Waals surface area contributed by atoms with Crippen molar-refractivity contribution < 1.29 is 9.90 Å². The van der Waals surface area contributed by atoms with Gasteiger partial charge in [0.05, 0.1) is 6.54 Å². The molecule has 0 saturated carbocycles. The zero-order valence-corrected chi connectivity index (χ0v) is 14.2. The van der Waals surface area contributed by atoms with Crippen molar-refractivity contribution in [3.05, 3.63) is 12.3 Å². The molecule has 0 radical (unpaired) electrons. The van der Waals surface area contributed by atoms with E-state index in [1.54, 1.807) is 0 Å². The second kappa shape index (κ2) is 8.28. The molecule has 2 aliphatic heterocycles. The van der Waals surface area contributed by atoms with Gasteiger partial charge in [-0.3, -0.25) is 9.69 Å². The van der Waals surface area contributed by atoms with Gasteiger partial charge in [-0.1, -0.05) is 12.8 Å². The quantitative estimate of drug-likeness (QED) is 0.850. The minimum atomic E-state index is -0.768. The average Bonchev–Trinajstić information content (AvgIpc) is 2.84. The van der Waals surface area contributed by atoms with Gasteiger partial charge in [-0.25, -0.2) is 4.98 Å². The van der Waals surface area contributed by atoms with Gasteiger partial charge in [-0.15, -0.1) is 0 Å². The number of carbonyl (C=O) groups is 1. The Bertz CT molecular complexity index is 546. The summed E-state index contributed by atoms with van der Waals surface area (Å²) in [7, 11) is 0. The van der Waals surface area contributed by atoms with Crippen LogP contribution in [0.3, 0.4) is 0 Å². The summed E-state index contributed by atoms with van der Waals surface area (Å²) in [4.78, 5) is 24.2. The maximum absolute atomic E-state index is 10.9. The number of likely N-dealkylation sites (tertiary alicyclic amines) is 1. The van der Waals surface area contributed by atoms with Crippen LogP contribution in [0.2, 0.25) is 0 Å². The zero-order valence-electron chi connectivity index (χ0n) is 14.2. The van der Waals surface area contributed by atoms with Crippen LogP contribution >= 0.6 is 0 Å². The topological polar surface area (TPSA) is 81.6 Å². The fourth-order valence-electron chi connectivity index (χ4n) is 3.59. The minimum absolute atomic E-state index is 0.104. The first-order chi connectivity index (χ1) is 11.7. The third-order valence-corrected chi connectivity index (χ3v) is 4.77. The molecule has 0 amide bonds. The van der Waals surface area contributed by atoms with Crippen molar-refractivity contribution in [3.8, 4) is 0 Å². The third kappa shape index (κ3) is 4.80. The van der Waals surface area contributed by atoms with Crippen molar-refractivity contribution in [2.24, 2.45) is 0 Å². The van der Waals surface area contributed by atoms with Gasteiger partial charge in [0.2, 0.25) is 5.95 Å². The summed E-state index contributed by atoms with van der Waals surface area (Å²) in [5, 5.41) is 12.3.